The number of nitrogens with zero attached hydrogens (tertiary/aromatic N) is 2. The highest BCUT2D eigenvalue weighted by Crippen LogP contribution is 2.16. The predicted molar refractivity (Wildman–Crippen MR) is 114 cm³/mol. The fourth-order valence-corrected chi connectivity index (χ4v) is 2.57. The minimum atomic E-state index is -0.0127. The molecule has 1 heterocycles. The molecule has 1 amide bonds. The molecule has 1 aliphatic rings. The molecule has 1 saturated heterocycles. The first-order valence-electron chi connectivity index (χ1n) is 8.99. The minimum Gasteiger partial charge on any atom is -0.379 e. The highest BCUT2D eigenvalue weighted by molar-refractivity contribution is 14.0. The van der Waals surface area contributed by atoms with Crippen molar-refractivity contribution in [2.75, 3.05) is 45.9 Å². The highest BCUT2D eigenvalue weighted by atomic mass is 127. The van der Waals surface area contributed by atoms with Gasteiger partial charge in [0.15, 0.2) is 5.96 Å². The lowest BCUT2D eigenvalue weighted by atomic mass is 10.0. The van der Waals surface area contributed by atoms with Gasteiger partial charge >= 0.3 is 0 Å². The fraction of sp³-hybridized carbons (Fsp3) is 0.882. The summed E-state index contributed by atoms with van der Waals surface area (Å²) >= 11 is 0. The van der Waals surface area contributed by atoms with Crippen LogP contribution in [0.2, 0.25) is 0 Å². The van der Waals surface area contributed by atoms with E-state index in [-0.39, 0.29) is 41.5 Å². The number of nitrogens with one attached hydrogen (secondary N) is 3. The molecule has 3 N–H and O–H groups in total. The number of rotatable bonds is 8. The Morgan fingerprint density at radius 3 is 2.44 bits per heavy atom. The standard InChI is InChI=1S/C17H35N5O2.HI/c1-6-18-16(19-8-7-15(23)21-14(2)3)20-13-17(4,5)22-9-11-24-12-10-22;/h14H,6-13H2,1-5H3,(H,21,23)(H2,18,19,20);1H. The zero-order valence-electron chi connectivity index (χ0n) is 16.4. The van der Waals surface area contributed by atoms with Crippen molar-refractivity contribution in [2.24, 2.45) is 4.99 Å². The van der Waals surface area contributed by atoms with E-state index in [4.69, 9.17) is 9.73 Å². The lowest BCUT2D eigenvalue weighted by Gasteiger charge is -2.39. The van der Waals surface area contributed by atoms with Crippen LogP contribution in [0.3, 0.4) is 0 Å². The van der Waals surface area contributed by atoms with Crippen molar-refractivity contribution in [1.29, 1.82) is 0 Å². The van der Waals surface area contributed by atoms with Gasteiger partial charge in [0.25, 0.3) is 0 Å². The molecule has 0 unspecified atom stereocenters. The summed E-state index contributed by atoms with van der Waals surface area (Å²) in [4.78, 5) is 18.8. The lowest BCUT2D eigenvalue weighted by molar-refractivity contribution is -0.121. The predicted octanol–water partition coefficient (Wildman–Crippen LogP) is 1.19. The van der Waals surface area contributed by atoms with Gasteiger partial charge in [-0.2, -0.15) is 0 Å². The second-order valence-corrected chi connectivity index (χ2v) is 7.01. The number of aliphatic imine (C=N–C) groups is 1. The molecule has 1 fully saturated rings. The van der Waals surface area contributed by atoms with Crippen molar-refractivity contribution >= 4 is 35.8 Å². The van der Waals surface area contributed by atoms with Crippen molar-refractivity contribution in [3.05, 3.63) is 0 Å². The van der Waals surface area contributed by atoms with Crippen LogP contribution in [0.5, 0.6) is 0 Å². The topological polar surface area (TPSA) is 78.0 Å². The van der Waals surface area contributed by atoms with Crippen LogP contribution in [0.25, 0.3) is 0 Å². The lowest BCUT2D eigenvalue weighted by Crippen LogP contribution is -2.52. The Morgan fingerprint density at radius 2 is 1.88 bits per heavy atom. The van der Waals surface area contributed by atoms with Gasteiger partial charge < -0.3 is 20.7 Å². The molecule has 0 spiro atoms. The molecule has 0 aromatic rings. The zero-order valence-corrected chi connectivity index (χ0v) is 18.7. The number of hydrogen-bond acceptors (Lipinski definition) is 4. The number of hydrogen-bond donors (Lipinski definition) is 3. The van der Waals surface area contributed by atoms with Gasteiger partial charge in [-0.05, 0) is 34.6 Å². The van der Waals surface area contributed by atoms with Gasteiger partial charge in [0, 0.05) is 44.2 Å². The molecule has 0 aromatic heterocycles. The van der Waals surface area contributed by atoms with Crippen LogP contribution >= 0.6 is 24.0 Å². The van der Waals surface area contributed by atoms with Crippen LogP contribution in [0.1, 0.15) is 41.0 Å². The van der Waals surface area contributed by atoms with Gasteiger partial charge in [0.05, 0.1) is 19.8 Å². The summed E-state index contributed by atoms with van der Waals surface area (Å²) in [6.07, 6.45) is 0.440. The summed E-state index contributed by atoms with van der Waals surface area (Å²) in [6, 6.07) is 0.175. The van der Waals surface area contributed by atoms with Crippen LogP contribution in [0.4, 0.5) is 0 Å². The molecular weight excluding hydrogens is 433 g/mol. The number of carbonyl (C=O) groups excluding carboxylic acids is 1. The molecule has 25 heavy (non-hydrogen) atoms. The monoisotopic (exact) mass is 469 g/mol. The summed E-state index contributed by atoms with van der Waals surface area (Å²) in [6.45, 7) is 15.9. The number of morpholine rings is 1. The van der Waals surface area contributed by atoms with Crippen molar-refractivity contribution in [3.8, 4) is 0 Å². The maximum Gasteiger partial charge on any atom is 0.221 e. The smallest absolute Gasteiger partial charge is 0.221 e. The van der Waals surface area contributed by atoms with Crippen molar-refractivity contribution in [3.63, 3.8) is 0 Å². The van der Waals surface area contributed by atoms with E-state index in [1.807, 2.05) is 20.8 Å². The normalized spacial score (nSPS) is 16.3. The molecule has 0 saturated carbocycles. The van der Waals surface area contributed by atoms with E-state index in [1.54, 1.807) is 0 Å². The first kappa shape index (κ1) is 24.4. The molecule has 1 rings (SSSR count). The van der Waals surface area contributed by atoms with Gasteiger partial charge in [0.2, 0.25) is 5.91 Å². The molecule has 148 valence electrons. The van der Waals surface area contributed by atoms with Gasteiger partial charge in [-0.25, -0.2) is 0 Å². The molecule has 0 bridgehead atoms. The summed E-state index contributed by atoms with van der Waals surface area (Å²) in [5.41, 5.74) is -0.0127. The maximum absolute atomic E-state index is 11.7. The molecule has 0 aromatic carbocycles. The summed E-state index contributed by atoms with van der Waals surface area (Å²) in [7, 11) is 0. The van der Waals surface area contributed by atoms with Crippen molar-refractivity contribution in [1.82, 2.24) is 20.9 Å². The van der Waals surface area contributed by atoms with Crippen molar-refractivity contribution < 1.29 is 9.53 Å². The third-order valence-electron chi connectivity index (χ3n) is 3.93. The van der Waals surface area contributed by atoms with Crippen molar-refractivity contribution in [2.45, 2.75) is 52.6 Å². The van der Waals surface area contributed by atoms with E-state index < -0.39 is 0 Å². The first-order chi connectivity index (χ1) is 11.3. The van der Waals surface area contributed by atoms with Gasteiger partial charge in [0.1, 0.15) is 0 Å². The largest absolute Gasteiger partial charge is 0.379 e. The number of halogens is 1. The van der Waals surface area contributed by atoms with E-state index in [1.165, 1.54) is 0 Å². The van der Waals surface area contributed by atoms with Crippen LogP contribution in [0, 0.1) is 0 Å². The van der Waals surface area contributed by atoms with E-state index in [0.717, 1.165) is 38.8 Å². The van der Waals surface area contributed by atoms with E-state index in [0.29, 0.717) is 19.5 Å². The van der Waals surface area contributed by atoms with Crippen LogP contribution in [-0.4, -0.2) is 74.3 Å². The molecule has 0 atom stereocenters. The summed E-state index contributed by atoms with van der Waals surface area (Å²) in [5, 5.41) is 9.36. The average molecular weight is 469 g/mol. The van der Waals surface area contributed by atoms with Crippen LogP contribution < -0.4 is 16.0 Å². The fourth-order valence-electron chi connectivity index (χ4n) is 2.57. The molecule has 0 aliphatic carbocycles. The SMILES string of the molecule is CCNC(=NCC(C)(C)N1CCOCC1)NCCC(=O)NC(C)C.I. The Morgan fingerprint density at radius 1 is 1.24 bits per heavy atom. The molecule has 7 nitrogen and oxygen atoms in total. The Bertz CT molecular complexity index is 410. The average Bonchev–Trinajstić information content (AvgIpc) is 2.53. The number of guanidine groups is 1. The quantitative estimate of drug-likeness (QED) is 0.283. The third kappa shape index (κ3) is 10.2. The van der Waals surface area contributed by atoms with E-state index >= 15 is 0 Å². The Balaban J connectivity index is 0.00000576. The first-order valence-corrected chi connectivity index (χ1v) is 8.99. The summed E-state index contributed by atoms with van der Waals surface area (Å²) < 4.78 is 5.42. The minimum absolute atomic E-state index is 0. The van der Waals surface area contributed by atoms with Crippen LogP contribution in [-0.2, 0) is 9.53 Å². The molecule has 8 heteroatoms. The number of ether oxygens (including phenoxy) is 1. The Hall–Kier alpha value is -0.610. The molecular formula is C17H36IN5O2. The third-order valence-corrected chi connectivity index (χ3v) is 3.93. The zero-order chi connectivity index (χ0) is 18.0. The highest BCUT2D eigenvalue weighted by Gasteiger charge is 2.28. The number of amides is 1. The van der Waals surface area contributed by atoms with E-state index in [2.05, 4.69) is 34.7 Å². The van der Waals surface area contributed by atoms with Crippen LogP contribution in [0.15, 0.2) is 4.99 Å². The Labute approximate surface area is 169 Å². The van der Waals surface area contributed by atoms with E-state index in [9.17, 15) is 4.79 Å². The second kappa shape index (κ2) is 12.7. The Kier molecular flexibility index (Phi) is 12.4. The van der Waals surface area contributed by atoms with Gasteiger partial charge in [-0.15, -0.1) is 24.0 Å². The van der Waals surface area contributed by atoms with Gasteiger partial charge in [-0.1, -0.05) is 0 Å². The van der Waals surface area contributed by atoms with Gasteiger partial charge in [-0.3, -0.25) is 14.7 Å². The molecule has 1 aliphatic heterocycles. The summed E-state index contributed by atoms with van der Waals surface area (Å²) in [5.74, 6) is 0.818. The number of carbonyl (C=O) groups is 1. The second-order valence-electron chi connectivity index (χ2n) is 7.01. The maximum atomic E-state index is 11.7. The molecule has 0 radical (unpaired) electrons.